The van der Waals surface area contributed by atoms with Crippen LogP contribution in [0, 0.1) is 0 Å². The molecule has 0 atom stereocenters. The second-order valence-electron chi connectivity index (χ2n) is 3.41. The molecule has 0 aliphatic rings. The van der Waals surface area contributed by atoms with Crippen LogP contribution in [0.5, 0.6) is 0 Å². The summed E-state index contributed by atoms with van der Waals surface area (Å²) in [6.07, 6.45) is 1.23. The van der Waals surface area contributed by atoms with E-state index in [1.54, 1.807) is 20.0 Å². The lowest BCUT2D eigenvalue weighted by Crippen LogP contribution is -2.36. The first kappa shape index (κ1) is 14.4. The number of carbonyl (C=O) groups is 1. The molecule has 0 saturated carbocycles. The van der Waals surface area contributed by atoms with Crippen molar-refractivity contribution in [2.45, 2.75) is 11.8 Å². The zero-order chi connectivity index (χ0) is 13.6. The largest absolute Gasteiger partial charge is 0.373 e. The number of hydrogen-bond acceptors (Lipinski definition) is 5. The van der Waals surface area contributed by atoms with Gasteiger partial charge in [0.2, 0.25) is 15.9 Å². The molecule has 1 heterocycles. The van der Waals surface area contributed by atoms with Crippen LogP contribution in [0.3, 0.4) is 0 Å². The molecule has 0 fully saturated rings. The van der Waals surface area contributed by atoms with Crippen LogP contribution in [0.25, 0.3) is 0 Å². The Morgan fingerprint density at radius 2 is 2.11 bits per heavy atom. The maximum absolute atomic E-state index is 11.8. The molecule has 3 N–H and O–H groups in total. The minimum Gasteiger partial charge on any atom is -0.373 e. The maximum atomic E-state index is 11.8. The smallest absolute Gasteiger partial charge is 0.242 e. The molecule has 1 aromatic heterocycles. The Bertz CT molecular complexity index is 498. The monoisotopic (exact) mass is 272 g/mol. The number of rotatable bonds is 6. The Morgan fingerprint density at radius 3 is 2.61 bits per heavy atom. The number of anilines is 1. The van der Waals surface area contributed by atoms with Gasteiger partial charge in [-0.3, -0.25) is 4.79 Å². The molecule has 0 saturated heterocycles. The third-order valence-electron chi connectivity index (χ3n) is 2.10. The molecule has 0 bridgehead atoms. The van der Waals surface area contributed by atoms with Crippen molar-refractivity contribution in [2.75, 3.05) is 25.5 Å². The van der Waals surface area contributed by atoms with E-state index in [4.69, 9.17) is 0 Å². The highest BCUT2D eigenvalue weighted by Crippen LogP contribution is 2.09. The number of carbonyl (C=O) groups excluding carboxylic acids is 1. The van der Waals surface area contributed by atoms with Crippen LogP contribution in [0.2, 0.25) is 0 Å². The molecule has 0 spiro atoms. The second-order valence-corrected chi connectivity index (χ2v) is 5.17. The van der Waals surface area contributed by atoms with E-state index >= 15 is 0 Å². The maximum Gasteiger partial charge on any atom is 0.242 e. The molecule has 0 aromatic carbocycles. The van der Waals surface area contributed by atoms with Crippen LogP contribution in [-0.2, 0) is 14.8 Å². The summed E-state index contributed by atoms with van der Waals surface area (Å²) in [5.41, 5.74) is 0. The normalized spacial score (nSPS) is 11.0. The first-order valence-corrected chi connectivity index (χ1v) is 6.88. The van der Waals surface area contributed by atoms with Gasteiger partial charge < -0.3 is 10.6 Å². The first-order valence-electron chi connectivity index (χ1n) is 5.39. The lowest BCUT2D eigenvalue weighted by molar-refractivity contribution is -0.119. The third kappa shape index (κ3) is 3.97. The van der Waals surface area contributed by atoms with E-state index in [1.165, 1.54) is 12.3 Å². The lowest BCUT2D eigenvalue weighted by Gasteiger charge is -2.07. The van der Waals surface area contributed by atoms with E-state index in [9.17, 15) is 13.2 Å². The van der Waals surface area contributed by atoms with Gasteiger partial charge in [-0.15, -0.1) is 0 Å². The summed E-state index contributed by atoms with van der Waals surface area (Å²) in [4.78, 5) is 15.1. The van der Waals surface area contributed by atoms with Crippen LogP contribution < -0.4 is 15.4 Å². The fourth-order valence-electron chi connectivity index (χ4n) is 1.19. The van der Waals surface area contributed by atoms with Crippen molar-refractivity contribution in [2.24, 2.45) is 0 Å². The van der Waals surface area contributed by atoms with Crippen molar-refractivity contribution >= 4 is 21.7 Å². The summed E-state index contributed by atoms with van der Waals surface area (Å²) in [5.74, 6) is 0.193. The van der Waals surface area contributed by atoms with Gasteiger partial charge in [-0.25, -0.2) is 18.1 Å². The van der Waals surface area contributed by atoms with Crippen LogP contribution in [0.4, 0.5) is 5.82 Å². The van der Waals surface area contributed by atoms with Crippen molar-refractivity contribution in [3.8, 4) is 0 Å². The van der Waals surface area contributed by atoms with Gasteiger partial charge in [0.05, 0.1) is 6.54 Å². The number of pyridine rings is 1. The third-order valence-corrected chi connectivity index (χ3v) is 3.49. The summed E-state index contributed by atoms with van der Waals surface area (Å²) < 4.78 is 25.8. The molecular formula is C10H16N4O3S. The average Bonchev–Trinajstić information content (AvgIpc) is 2.37. The van der Waals surface area contributed by atoms with Gasteiger partial charge in [0, 0.05) is 19.8 Å². The van der Waals surface area contributed by atoms with Crippen molar-refractivity contribution in [1.82, 2.24) is 15.0 Å². The number of nitrogens with zero attached hydrogens (tertiary/aromatic N) is 1. The molecule has 1 amide bonds. The highest BCUT2D eigenvalue weighted by Gasteiger charge is 2.15. The molecule has 0 aliphatic heterocycles. The van der Waals surface area contributed by atoms with Gasteiger partial charge in [-0.2, -0.15) is 0 Å². The summed E-state index contributed by atoms with van der Waals surface area (Å²) in [6, 6.07) is 2.96. The van der Waals surface area contributed by atoms with Crippen molar-refractivity contribution < 1.29 is 13.2 Å². The standard InChI is InChI=1S/C10H16N4O3S/c1-3-12-10(15)7-14-18(16,17)8-4-5-9(11-2)13-6-8/h4-6,14H,3,7H2,1-2H3,(H,11,13)(H,12,15). The second kappa shape index (κ2) is 6.31. The molecule has 8 heteroatoms. The molecule has 1 aromatic rings. The van der Waals surface area contributed by atoms with Gasteiger partial charge >= 0.3 is 0 Å². The van der Waals surface area contributed by atoms with Crippen LogP contribution in [0.1, 0.15) is 6.92 Å². The van der Waals surface area contributed by atoms with E-state index in [0.717, 1.165) is 0 Å². The summed E-state index contributed by atoms with van der Waals surface area (Å²) >= 11 is 0. The predicted molar refractivity (Wildman–Crippen MR) is 67.7 cm³/mol. The highest BCUT2D eigenvalue weighted by atomic mass is 32.2. The quantitative estimate of drug-likeness (QED) is 0.650. The zero-order valence-corrected chi connectivity index (χ0v) is 11.0. The minimum absolute atomic E-state index is 0.0193. The van der Waals surface area contributed by atoms with E-state index in [0.29, 0.717) is 12.4 Å². The van der Waals surface area contributed by atoms with Crippen LogP contribution in [0.15, 0.2) is 23.2 Å². The SMILES string of the molecule is CCNC(=O)CNS(=O)(=O)c1ccc(NC)nc1. The van der Waals surface area contributed by atoms with E-state index in [2.05, 4.69) is 20.3 Å². The summed E-state index contributed by atoms with van der Waals surface area (Å²) in [5, 5.41) is 5.28. The Labute approximate surface area is 106 Å². The topological polar surface area (TPSA) is 100 Å². The van der Waals surface area contributed by atoms with Gasteiger partial charge in [0.25, 0.3) is 0 Å². The number of sulfonamides is 1. The molecule has 1 rings (SSSR count). The fraction of sp³-hybridized carbons (Fsp3) is 0.400. The zero-order valence-electron chi connectivity index (χ0n) is 10.2. The molecule has 0 aliphatic carbocycles. The lowest BCUT2D eigenvalue weighted by atomic mass is 10.5. The number of aromatic nitrogens is 1. The van der Waals surface area contributed by atoms with E-state index in [1.807, 2.05) is 0 Å². The molecule has 18 heavy (non-hydrogen) atoms. The Hall–Kier alpha value is -1.67. The van der Waals surface area contributed by atoms with E-state index < -0.39 is 10.0 Å². The molecule has 7 nitrogen and oxygen atoms in total. The number of amides is 1. The minimum atomic E-state index is -3.70. The van der Waals surface area contributed by atoms with Crippen LogP contribution >= 0.6 is 0 Å². The molecule has 100 valence electrons. The first-order chi connectivity index (χ1) is 8.49. The molecule has 0 radical (unpaired) electrons. The van der Waals surface area contributed by atoms with Crippen molar-refractivity contribution in [3.05, 3.63) is 18.3 Å². The van der Waals surface area contributed by atoms with Gasteiger partial charge in [0.1, 0.15) is 10.7 Å². The van der Waals surface area contributed by atoms with Crippen molar-refractivity contribution in [3.63, 3.8) is 0 Å². The van der Waals surface area contributed by atoms with Gasteiger partial charge in [0.15, 0.2) is 0 Å². The summed E-state index contributed by atoms with van der Waals surface area (Å²) in [6.45, 7) is 1.93. The van der Waals surface area contributed by atoms with E-state index in [-0.39, 0.29) is 17.3 Å². The summed E-state index contributed by atoms with van der Waals surface area (Å²) in [7, 11) is -2.02. The fourth-order valence-corrected chi connectivity index (χ4v) is 2.12. The van der Waals surface area contributed by atoms with Gasteiger partial charge in [-0.05, 0) is 19.1 Å². The van der Waals surface area contributed by atoms with Crippen LogP contribution in [-0.4, -0.2) is 39.4 Å². The Morgan fingerprint density at radius 1 is 1.39 bits per heavy atom. The predicted octanol–water partition coefficient (Wildman–Crippen LogP) is -0.462. The molecule has 0 unspecified atom stereocenters. The van der Waals surface area contributed by atoms with Crippen molar-refractivity contribution in [1.29, 1.82) is 0 Å². The highest BCUT2D eigenvalue weighted by molar-refractivity contribution is 7.89. The number of likely N-dealkylation sites (N-methyl/N-ethyl adjacent to an activating group) is 1. The number of hydrogen-bond donors (Lipinski definition) is 3. The number of nitrogens with one attached hydrogen (secondary N) is 3. The molecular weight excluding hydrogens is 256 g/mol. The average molecular weight is 272 g/mol. The van der Waals surface area contributed by atoms with Gasteiger partial charge in [-0.1, -0.05) is 0 Å². The Balaban J connectivity index is 2.70. The Kier molecular flexibility index (Phi) is 5.05.